The minimum Gasteiger partial charge on any atom is -0.504 e. The highest BCUT2D eigenvalue weighted by Crippen LogP contribution is 2.65. The van der Waals surface area contributed by atoms with Gasteiger partial charge in [-0.2, -0.15) is 5.26 Å². The van der Waals surface area contributed by atoms with Crippen molar-refractivity contribution in [2.45, 2.75) is 80.7 Å². The molecule has 3 aromatic carbocycles. The molecule has 1 spiro atoms. The Labute approximate surface area is 356 Å². The maximum atomic E-state index is 15.2. The summed E-state index contributed by atoms with van der Waals surface area (Å²) >= 11 is 1.46. The van der Waals surface area contributed by atoms with Crippen molar-refractivity contribution in [1.29, 1.82) is 5.26 Å². The Morgan fingerprint density at radius 2 is 1.92 bits per heavy atom. The van der Waals surface area contributed by atoms with E-state index in [1.165, 1.54) is 25.8 Å². The average molecular weight is 850 g/mol. The number of aromatic hydroxyl groups is 1. The zero-order valence-electron chi connectivity index (χ0n) is 34.5. The summed E-state index contributed by atoms with van der Waals surface area (Å²) in [6.07, 6.45) is 2.70. The number of nitrogens with one attached hydrogen (secondary N) is 2. The summed E-state index contributed by atoms with van der Waals surface area (Å²) in [7, 11) is 3.14. The number of aliphatic hydroxyl groups excluding tert-OH is 1. The number of methoxy groups -OCH3 is 2. The minimum absolute atomic E-state index is 0.0198. The molecule has 1 aromatic heterocycles. The lowest BCUT2D eigenvalue weighted by molar-refractivity contribution is -0.158. The second-order valence-electron chi connectivity index (χ2n) is 16.7. The number of thioether (sulfide) groups is 1. The zero-order valence-corrected chi connectivity index (χ0v) is 35.3. The number of hydrogen-bond acceptors (Lipinski definition) is 15. The van der Waals surface area contributed by atoms with Crippen molar-refractivity contribution >= 4 is 34.6 Å². The number of aromatic amines is 1. The average Bonchev–Trinajstić information content (AvgIpc) is 3.89. The second-order valence-corrected chi connectivity index (χ2v) is 17.8. The molecule has 2 fully saturated rings. The van der Waals surface area contributed by atoms with E-state index in [0.29, 0.717) is 76.1 Å². The summed E-state index contributed by atoms with van der Waals surface area (Å²) < 4.78 is 36.6. The van der Waals surface area contributed by atoms with E-state index < -0.39 is 52.9 Å². The van der Waals surface area contributed by atoms with Crippen LogP contribution in [0.3, 0.4) is 0 Å². The lowest BCUT2D eigenvalue weighted by atomic mass is 9.71. The van der Waals surface area contributed by atoms with Gasteiger partial charge in [-0.15, -0.1) is 18.3 Å². The second kappa shape index (κ2) is 14.6. The van der Waals surface area contributed by atoms with Crippen LogP contribution in [-0.4, -0.2) is 108 Å². The monoisotopic (exact) mass is 849 g/mol. The van der Waals surface area contributed by atoms with Crippen LogP contribution >= 0.6 is 11.8 Å². The van der Waals surface area contributed by atoms with Crippen LogP contribution < -0.4 is 29.0 Å². The molecule has 7 aliphatic rings. The first-order valence-electron chi connectivity index (χ1n) is 20.4. The van der Waals surface area contributed by atoms with Gasteiger partial charge >= 0.3 is 11.9 Å². The van der Waals surface area contributed by atoms with Gasteiger partial charge in [0.1, 0.15) is 24.1 Å². The van der Waals surface area contributed by atoms with Crippen LogP contribution in [0.1, 0.15) is 68.9 Å². The molecule has 7 aliphatic heterocycles. The van der Waals surface area contributed by atoms with E-state index in [1.54, 1.807) is 7.11 Å². The number of hydrogen-bond donors (Lipinski definition) is 4. The van der Waals surface area contributed by atoms with Crippen molar-refractivity contribution in [3.05, 3.63) is 81.6 Å². The molecule has 4 aromatic rings. The number of ether oxygens (including phenoxy) is 6. The quantitative estimate of drug-likeness (QED) is 0.119. The van der Waals surface area contributed by atoms with Crippen LogP contribution in [-0.2, 0) is 32.7 Å². The molecule has 4 bridgehead atoms. The number of nitriles is 1. The third-order valence-corrected chi connectivity index (χ3v) is 15.0. The van der Waals surface area contributed by atoms with Crippen molar-refractivity contribution in [3.8, 4) is 40.6 Å². The van der Waals surface area contributed by atoms with E-state index in [-0.39, 0.29) is 37.6 Å². The maximum Gasteiger partial charge on any atom is 0.333 e. The van der Waals surface area contributed by atoms with Crippen molar-refractivity contribution in [2.75, 3.05) is 46.5 Å². The number of esters is 2. The molecule has 0 unspecified atom stereocenters. The number of phenolic OH excluding ortho intramolecular Hbond substituents is 1. The van der Waals surface area contributed by atoms with Gasteiger partial charge in [-0.3, -0.25) is 19.9 Å². The SMILES string of the molecule is C=CCN1[C@@H]2c3c(cc(C)c(OC)c3O)C[C@H]1[C@H](C#N)N1[C@H]2[C@@H]2SC[C@]3(N[C@@H](CO)Cc4c3[nH]c3ccc(OC)cc43)C(=O)OC[C@H]1c1c3c(c(C)c(OC(C)=O)c12)OCO3. The highest BCUT2D eigenvalue weighted by molar-refractivity contribution is 7.99. The smallest absolute Gasteiger partial charge is 0.333 e. The highest BCUT2D eigenvalue weighted by Gasteiger charge is 2.62. The molecule has 8 atom stereocenters. The predicted molar refractivity (Wildman–Crippen MR) is 223 cm³/mol. The fourth-order valence-electron chi connectivity index (χ4n) is 11.3. The summed E-state index contributed by atoms with van der Waals surface area (Å²) in [6.45, 7) is 9.05. The van der Waals surface area contributed by atoms with Crippen LogP contribution in [0, 0.1) is 25.2 Å². The van der Waals surface area contributed by atoms with Crippen LogP contribution in [0.5, 0.6) is 34.5 Å². The first-order valence-corrected chi connectivity index (χ1v) is 21.5. The van der Waals surface area contributed by atoms with Gasteiger partial charge in [0.15, 0.2) is 28.5 Å². The number of phenols is 1. The lowest BCUT2D eigenvalue weighted by Gasteiger charge is -2.62. The van der Waals surface area contributed by atoms with Crippen molar-refractivity contribution < 1.29 is 48.2 Å². The van der Waals surface area contributed by atoms with Gasteiger partial charge < -0.3 is 43.6 Å². The van der Waals surface area contributed by atoms with Crippen LogP contribution in [0.4, 0.5) is 0 Å². The summed E-state index contributed by atoms with van der Waals surface area (Å²) in [6, 6.07) is 6.84. The molecule has 0 aliphatic carbocycles. The van der Waals surface area contributed by atoms with E-state index in [0.717, 1.165) is 27.6 Å². The van der Waals surface area contributed by atoms with Gasteiger partial charge in [0, 0.05) is 70.5 Å². The van der Waals surface area contributed by atoms with Gasteiger partial charge in [0.25, 0.3) is 0 Å². The number of rotatable bonds is 6. The zero-order chi connectivity index (χ0) is 42.6. The molecular formula is C45H47N5O10S. The largest absolute Gasteiger partial charge is 0.504 e. The summed E-state index contributed by atoms with van der Waals surface area (Å²) in [5, 5.41) is 38.2. The van der Waals surface area contributed by atoms with Gasteiger partial charge in [0.2, 0.25) is 6.79 Å². The van der Waals surface area contributed by atoms with E-state index in [2.05, 4.69) is 32.7 Å². The molecule has 0 saturated carbocycles. The fourth-order valence-corrected chi connectivity index (χ4v) is 12.9. The summed E-state index contributed by atoms with van der Waals surface area (Å²) in [5.41, 5.74) is 5.02. The third kappa shape index (κ3) is 5.57. The molecule has 61 heavy (non-hydrogen) atoms. The number of aromatic nitrogens is 1. The molecular weight excluding hydrogens is 803 g/mol. The Hall–Kier alpha value is -5.44. The number of H-pyrrole nitrogens is 1. The Kier molecular flexibility index (Phi) is 9.49. The molecule has 2 saturated heterocycles. The topological polar surface area (TPSA) is 188 Å². The van der Waals surface area contributed by atoms with Gasteiger partial charge in [-0.1, -0.05) is 12.1 Å². The lowest BCUT2D eigenvalue weighted by Crippen LogP contribution is -2.70. The first-order chi connectivity index (χ1) is 29.5. The molecule has 0 amide bonds. The van der Waals surface area contributed by atoms with E-state index in [4.69, 9.17) is 28.4 Å². The van der Waals surface area contributed by atoms with Crippen molar-refractivity contribution in [1.82, 2.24) is 20.1 Å². The number of piperazine rings is 1. The number of benzene rings is 3. The minimum atomic E-state index is -1.49. The van der Waals surface area contributed by atoms with Gasteiger partial charge in [-0.05, 0) is 61.6 Å². The molecule has 318 valence electrons. The van der Waals surface area contributed by atoms with Gasteiger partial charge in [-0.25, -0.2) is 4.79 Å². The van der Waals surface area contributed by atoms with Crippen molar-refractivity contribution in [2.24, 2.45) is 0 Å². The fraction of sp³-hybridized carbons (Fsp3) is 0.444. The number of carbonyl (C=O) groups excluding carboxylic acids is 2. The Morgan fingerprint density at radius 3 is 2.64 bits per heavy atom. The normalized spacial score (nSPS) is 28.5. The third-order valence-electron chi connectivity index (χ3n) is 13.6. The number of nitrogens with zero attached hydrogens (tertiary/aromatic N) is 3. The molecule has 16 heteroatoms. The number of aryl methyl sites for hydroxylation is 1. The molecule has 11 rings (SSSR count). The predicted octanol–water partition coefficient (Wildman–Crippen LogP) is 4.68. The van der Waals surface area contributed by atoms with Crippen LogP contribution in [0.2, 0.25) is 0 Å². The van der Waals surface area contributed by atoms with E-state index in [1.807, 2.05) is 44.2 Å². The van der Waals surface area contributed by atoms with Gasteiger partial charge in [0.05, 0.1) is 49.9 Å². The Bertz CT molecular complexity index is 2590. The molecule has 0 radical (unpaired) electrons. The molecule has 15 nitrogen and oxygen atoms in total. The highest BCUT2D eigenvalue weighted by atomic mass is 32.2. The maximum absolute atomic E-state index is 15.2. The number of aliphatic hydroxyl groups is 1. The first kappa shape index (κ1) is 39.7. The summed E-state index contributed by atoms with van der Waals surface area (Å²) in [4.78, 5) is 36.3. The molecule has 4 N–H and O–H groups in total. The molecule has 8 heterocycles. The number of fused-ring (bicyclic) bond motifs is 11. The van der Waals surface area contributed by atoms with E-state index in [9.17, 15) is 20.3 Å². The standard InChI is InChI=1S/C45H47N5O10S/c1-7-10-49-29-12-23-11-20(2)38(56-6)37(53)32(23)35(49)36-42-34-33(41-40(58-19-59-41)21(3)39(34)60-22(4)52)31(50(36)30(29)15-46)17-57-44(54)45(18-61-42)43-27(13-24(16-51)48-45)26-14-25(55-5)8-9-28(26)47-43/h7-9,11,14,24,29-31,35-36,42,47-48,51,53H,1,10,12-13,16-19H2,2-6H3/t24-,29+,30+,31+,35-,36-,42-,45-/m1/s1. The van der Waals surface area contributed by atoms with Crippen molar-refractivity contribution in [3.63, 3.8) is 0 Å². The Balaban J connectivity index is 1.26. The van der Waals surface area contributed by atoms with E-state index >= 15 is 4.79 Å². The van der Waals surface area contributed by atoms with Crippen LogP contribution in [0.15, 0.2) is 36.9 Å². The Morgan fingerprint density at radius 1 is 1.11 bits per heavy atom. The number of carbonyl (C=O) groups is 2. The summed E-state index contributed by atoms with van der Waals surface area (Å²) in [5.74, 6) is 1.21. The van der Waals surface area contributed by atoms with Crippen LogP contribution in [0.25, 0.3) is 10.9 Å².